The number of amides is 1. The van der Waals surface area contributed by atoms with E-state index in [9.17, 15) is 4.79 Å². The Balaban J connectivity index is 1.95. The van der Waals surface area contributed by atoms with E-state index in [0.717, 1.165) is 24.8 Å². The van der Waals surface area contributed by atoms with Gasteiger partial charge in [0, 0.05) is 22.2 Å². The van der Waals surface area contributed by atoms with E-state index in [1.54, 1.807) is 18.2 Å². The van der Waals surface area contributed by atoms with E-state index in [1.807, 2.05) is 29.2 Å². The number of benzene rings is 2. The number of rotatable bonds is 11. The molecule has 0 aromatic heterocycles. The van der Waals surface area contributed by atoms with Gasteiger partial charge in [0.25, 0.3) is 5.91 Å². The largest absolute Gasteiger partial charge is 0.408 e. The molecule has 1 aliphatic heterocycles. The molecule has 0 bridgehead atoms. The van der Waals surface area contributed by atoms with Crippen LogP contribution in [-0.2, 0) is 4.79 Å². The SMILES string of the molecule is CCCC(c1ccc(ONC/C(N)=N/N)cc1)N1CC(C)(CC(C)C)N=C(c2cc(Cl)cc(Cl)c2)C1=O. The van der Waals surface area contributed by atoms with E-state index in [1.165, 1.54) is 0 Å². The Hall–Kier alpha value is -2.81. The predicted molar refractivity (Wildman–Crippen MR) is 151 cm³/mol. The third-order valence-electron chi connectivity index (χ3n) is 6.15. The van der Waals surface area contributed by atoms with Crippen molar-refractivity contribution in [3.05, 3.63) is 63.6 Å². The van der Waals surface area contributed by atoms with Crippen molar-refractivity contribution in [1.82, 2.24) is 10.4 Å². The van der Waals surface area contributed by atoms with Crippen molar-refractivity contribution < 1.29 is 9.63 Å². The summed E-state index contributed by atoms with van der Waals surface area (Å²) in [4.78, 5) is 26.4. The Kier molecular flexibility index (Phi) is 9.81. The first-order chi connectivity index (χ1) is 17.5. The van der Waals surface area contributed by atoms with E-state index >= 15 is 0 Å². The highest BCUT2D eigenvalue weighted by molar-refractivity contribution is 6.47. The molecule has 0 saturated heterocycles. The number of amidine groups is 1. The number of hydrogen-bond donors (Lipinski definition) is 3. The second-order valence-corrected chi connectivity index (χ2v) is 10.9. The van der Waals surface area contributed by atoms with Crippen LogP contribution in [0, 0.1) is 5.92 Å². The van der Waals surface area contributed by atoms with Gasteiger partial charge in [-0.3, -0.25) is 9.79 Å². The van der Waals surface area contributed by atoms with Crippen LogP contribution in [0.1, 0.15) is 64.1 Å². The summed E-state index contributed by atoms with van der Waals surface area (Å²) in [5.41, 5.74) is 9.88. The zero-order valence-electron chi connectivity index (χ0n) is 21.8. The second kappa shape index (κ2) is 12.6. The quantitative estimate of drug-likeness (QED) is 0.157. The van der Waals surface area contributed by atoms with Crippen LogP contribution in [0.5, 0.6) is 5.75 Å². The van der Waals surface area contributed by atoms with Crippen LogP contribution < -0.4 is 21.9 Å². The van der Waals surface area contributed by atoms with Gasteiger partial charge >= 0.3 is 0 Å². The molecule has 1 amide bonds. The number of hydrogen-bond acceptors (Lipinski definition) is 6. The van der Waals surface area contributed by atoms with Gasteiger partial charge in [-0.1, -0.05) is 62.5 Å². The average molecular weight is 548 g/mol. The molecule has 2 unspecified atom stereocenters. The van der Waals surface area contributed by atoms with Crippen LogP contribution in [0.15, 0.2) is 52.6 Å². The maximum atomic E-state index is 14.0. The maximum Gasteiger partial charge on any atom is 0.273 e. The highest BCUT2D eigenvalue weighted by Gasteiger charge is 2.40. The van der Waals surface area contributed by atoms with Gasteiger partial charge in [0.05, 0.1) is 18.1 Å². The van der Waals surface area contributed by atoms with Crippen molar-refractivity contribution in [3.63, 3.8) is 0 Å². The van der Waals surface area contributed by atoms with Gasteiger partial charge in [-0.15, -0.1) is 5.48 Å². The fraction of sp³-hybridized carbons (Fsp3) is 0.444. The minimum Gasteiger partial charge on any atom is -0.408 e. The molecular formula is C27H36Cl2N6O2. The number of carbonyl (C=O) groups excluding carboxylic acids is 1. The van der Waals surface area contributed by atoms with E-state index < -0.39 is 5.54 Å². The standard InChI is InChI=1S/C27H36Cl2N6O2/c1-5-6-23(18-7-9-22(10-8-18)37-32-15-24(30)34-31)35-16-27(4,14-17(2)3)33-25(26(35)36)19-11-20(28)13-21(29)12-19/h7-13,17,23,32H,5-6,14-16,31H2,1-4H3,(H2,30,34). The number of halogens is 2. The molecule has 1 heterocycles. The fourth-order valence-corrected chi connectivity index (χ4v) is 5.35. The molecule has 10 heteroatoms. The Morgan fingerprint density at radius 3 is 2.43 bits per heavy atom. The van der Waals surface area contributed by atoms with Gasteiger partial charge in [0.1, 0.15) is 17.3 Å². The highest BCUT2D eigenvalue weighted by Crippen LogP contribution is 2.36. The molecular weight excluding hydrogens is 511 g/mol. The summed E-state index contributed by atoms with van der Waals surface area (Å²) in [5.74, 6) is 6.24. The molecule has 0 aliphatic carbocycles. The van der Waals surface area contributed by atoms with E-state index in [4.69, 9.17) is 44.6 Å². The van der Waals surface area contributed by atoms with Crippen molar-refractivity contribution >= 4 is 40.7 Å². The summed E-state index contributed by atoms with van der Waals surface area (Å²) < 4.78 is 0. The predicted octanol–water partition coefficient (Wildman–Crippen LogP) is 5.09. The van der Waals surface area contributed by atoms with Crippen LogP contribution in [0.25, 0.3) is 0 Å². The smallest absolute Gasteiger partial charge is 0.273 e. The molecule has 3 rings (SSSR count). The summed E-state index contributed by atoms with van der Waals surface area (Å²) >= 11 is 12.6. The second-order valence-electron chi connectivity index (χ2n) is 10.1. The number of hydrazone groups is 1. The van der Waals surface area contributed by atoms with Crippen molar-refractivity contribution in [2.45, 2.75) is 58.5 Å². The Morgan fingerprint density at radius 1 is 1.22 bits per heavy atom. The first-order valence-electron chi connectivity index (χ1n) is 12.4. The minimum atomic E-state index is -0.449. The lowest BCUT2D eigenvalue weighted by Crippen LogP contribution is -2.53. The molecule has 2 aromatic carbocycles. The van der Waals surface area contributed by atoms with E-state index in [0.29, 0.717) is 39.5 Å². The van der Waals surface area contributed by atoms with E-state index in [2.05, 4.69) is 38.3 Å². The van der Waals surface area contributed by atoms with E-state index in [-0.39, 0.29) is 24.3 Å². The molecule has 5 N–H and O–H groups in total. The van der Waals surface area contributed by atoms with Gasteiger partial charge in [-0.2, -0.15) is 5.10 Å². The molecule has 0 radical (unpaired) electrons. The van der Waals surface area contributed by atoms with Crippen LogP contribution in [0.2, 0.25) is 10.0 Å². The summed E-state index contributed by atoms with van der Waals surface area (Å²) in [6, 6.07) is 12.7. The summed E-state index contributed by atoms with van der Waals surface area (Å²) in [5, 5.41) is 4.33. The van der Waals surface area contributed by atoms with Crippen LogP contribution in [-0.4, -0.2) is 41.0 Å². The van der Waals surface area contributed by atoms with Gasteiger partial charge in [0.2, 0.25) is 0 Å². The van der Waals surface area contributed by atoms with Crippen molar-refractivity contribution in [2.75, 3.05) is 13.1 Å². The number of hydroxylamine groups is 1. The Labute approximate surface area is 229 Å². The minimum absolute atomic E-state index is 0.128. The molecule has 200 valence electrons. The molecule has 2 aromatic rings. The van der Waals surface area contributed by atoms with Crippen molar-refractivity contribution in [3.8, 4) is 5.75 Å². The molecule has 0 spiro atoms. The zero-order valence-corrected chi connectivity index (χ0v) is 23.3. The van der Waals surface area contributed by atoms with Crippen molar-refractivity contribution in [2.24, 2.45) is 27.6 Å². The first kappa shape index (κ1) is 28.8. The summed E-state index contributed by atoms with van der Waals surface area (Å²) in [6.07, 6.45) is 2.54. The number of nitrogens with two attached hydrogens (primary N) is 2. The topological polar surface area (TPSA) is 118 Å². The number of aliphatic imine (C=N–C) groups is 1. The van der Waals surface area contributed by atoms with Crippen molar-refractivity contribution in [1.29, 1.82) is 0 Å². The molecule has 37 heavy (non-hydrogen) atoms. The zero-order chi connectivity index (χ0) is 27.2. The molecule has 1 aliphatic rings. The monoisotopic (exact) mass is 546 g/mol. The maximum absolute atomic E-state index is 14.0. The van der Waals surface area contributed by atoms with Crippen LogP contribution in [0.3, 0.4) is 0 Å². The summed E-state index contributed by atoms with van der Waals surface area (Å²) in [7, 11) is 0. The van der Waals surface area contributed by atoms with Gasteiger partial charge in [-0.25, -0.2) is 0 Å². The lowest BCUT2D eigenvalue weighted by molar-refractivity contribution is -0.128. The van der Waals surface area contributed by atoms with Crippen LogP contribution >= 0.6 is 23.2 Å². The Morgan fingerprint density at radius 2 is 1.86 bits per heavy atom. The lowest BCUT2D eigenvalue weighted by Gasteiger charge is -2.43. The van der Waals surface area contributed by atoms with Gasteiger partial charge < -0.3 is 21.3 Å². The lowest BCUT2D eigenvalue weighted by atomic mass is 9.86. The molecule has 0 fully saturated rings. The first-order valence-corrected chi connectivity index (χ1v) is 13.2. The molecule has 0 saturated carbocycles. The molecule has 2 atom stereocenters. The number of nitrogens with one attached hydrogen (secondary N) is 1. The highest BCUT2D eigenvalue weighted by atomic mass is 35.5. The number of nitrogens with zero attached hydrogens (tertiary/aromatic N) is 3. The summed E-state index contributed by atoms with van der Waals surface area (Å²) in [6.45, 7) is 9.28. The van der Waals surface area contributed by atoms with Gasteiger partial charge in [0.15, 0.2) is 0 Å². The normalized spacial score (nSPS) is 19.2. The molecule has 8 nitrogen and oxygen atoms in total. The number of carbonyl (C=O) groups is 1. The fourth-order valence-electron chi connectivity index (χ4n) is 4.82. The van der Waals surface area contributed by atoms with Gasteiger partial charge in [-0.05, 0) is 61.6 Å². The Bertz CT molecular complexity index is 1130. The average Bonchev–Trinajstić information content (AvgIpc) is 2.83. The van der Waals surface area contributed by atoms with Crippen LogP contribution in [0.4, 0.5) is 0 Å². The third-order valence-corrected chi connectivity index (χ3v) is 6.59. The third kappa shape index (κ3) is 7.60.